The van der Waals surface area contributed by atoms with Crippen molar-refractivity contribution in [3.8, 4) is 0 Å². The third kappa shape index (κ3) is 14.6. The van der Waals surface area contributed by atoms with E-state index >= 15 is 0 Å². The lowest BCUT2D eigenvalue weighted by molar-refractivity contribution is 0.238. The van der Waals surface area contributed by atoms with Crippen molar-refractivity contribution in [2.75, 3.05) is 0 Å². The Morgan fingerprint density at radius 1 is 0.231 bits per heavy atom. The molecule has 0 spiro atoms. The molecule has 0 aliphatic carbocycles. The van der Waals surface area contributed by atoms with Gasteiger partial charge in [0.25, 0.3) is 0 Å². The fraction of sp³-hybridized carbons (Fsp3) is 0.750. The lowest BCUT2D eigenvalue weighted by Crippen LogP contribution is -2.70. The Morgan fingerprint density at radius 2 is 0.446 bits per heavy atom. The fourth-order valence-electron chi connectivity index (χ4n) is 9.75. The molecule has 17 heteroatoms. The summed E-state index contributed by atoms with van der Waals surface area (Å²) in [5.41, 5.74) is 0. The summed E-state index contributed by atoms with van der Waals surface area (Å²) in [4.78, 5) is 0. The molecule has 0 bridgehead atoms. The molecular weight excluding hydrogens is 957 g/mol. The van der Waals surface area contributed by atoms with E-state index in [-0.39, 0.29) is 0 Å². The molecule has 376 valence electrons. The van der Waals surface area contributed by atoms with Crippen LogP contribution in [0.1, 0.15) is 125 Å². The second kappa shape index (κ2) is 27.6. The molecular formula is C48H100O8Si9. The van der Waals surface area contributed by atoms with Crippen LogP contribution in [-0.2, 0) is 32.9 Å². The summed E-state index contributed by atoms with van der Waals surface area (Å²) in [6.07, 6.45) is 0. The normalized spacial score (nSPS) is 15.5. The largest absolute Gasteiger partial charge is 0.436 e. The quantitative estimate of drug-likeness (QED) is 0.0625. The van der Waals surface area contributed by atoms with E-state index in [1.165, 1.54) is 10.4 Å². The first-order chi connectivity index (χ1) is 31.0. The van der Waals surface area contributed by atoms with Gasteiger partial charge in [-0.25, -0.2) is 0 Å². The van der Waals surface area contributed by atoms with Crippen molar-refractivity contribution in [2.24, 2.45) is 0 Å². The van der Waals surface area contributed by atoms with E-state index in [9.17, 15) is 0 Å². The number of hydrogen-bond acceptors (Lipinski definition) is 8. The molecule has 0 saturated carbocycles. The first-order valence-electron chi connectivity index (χ1n) is 26.7. The summed E-state index contributed by atoms with van der Waals surface area (Å²) >= 11 is 0. The molecule has 8 nitrogen and oxygen atoms in total. The Balaban J connectivity index is 2.84. The Kier molecular flexibility index (Phi) is 26.0. The summed E-state index contributed by atoms with van der Waals surface area (Å²) < 4.78 is 63.1. The van der Waals surface area contributed by atoms with Crippen LogP contribution in [0, 0.1) is 0 Å². The molecule has 0 fully saturated rings. The Hall–Kier alpha value is 0.0719. The minimum absolute atomic E-state index is 0.787. The lowest BCUT2D eigenvalue weighted by atomic mass is 10.4. The smallest absolute Gasteiger partial charge is 0.354 e. The number of benzene rings is 2. The highest BCUT2D eigenvalue weighted by Crippen LogP contribution is 2.42. The van der Waals surface area contributed by atoms with E-state index in [1.807, 2.05) is 0 Å². The molecule has 0 aromatic heterocycles. The number of rotatable bonds is 36. The molecule has 2 aromatic rings. The van der Waals surface area contributed by atoms with Gasteiger partial charge in [-0.1, -0.05) is 185 Å². The van der Waals surface area contributed by atoms with Crippen molar-refractivity contribution in [3.05, 3.63) is 60.7 Å². The molecule has 0 heterocycles. The van der Waals surface area contributed by atoms with E-state index in [0.29, 0.717) is 0 Å². The van der Waals surface area contributed by atoms with Crippen LogP contribution in [0.4, 0.5) is 0 Å². The van der Waals surface area contributed by atoms with Gasteiger partial charge in [-0.3, -0.25) is 0 Å². The van der Waals surface area contributed by atoms with Gasteiger partial charge in [0.15, 0.2) is 16.6 Å². The molecule has 2 unspecified atom stereocenters. The van der Waals surface area contributed by atoms with Gasteiger partial charge in [0.2, 0.25) is 0 Å². The average Bonchev–Trinajstić information content (AvgIpc) is 3.38. The molecule has 0 radical (unpaired) electrons. The van der Waals surface area contributed by atoms with Crippen molar-refractivity contribution < 1.29 is 32.9 Å². The Bertz CT molecular complexity index is 1570. The fourth-order valence-corrected chi connectivity index (χ4v) is 61.8. The summed E-state index contributed by atoms with van der Waals surface area (Å²) in [7, 11) is -24.8. The summed E-state index contributed by atoms with van der Waals surface area (Å²) in [6.45, 7) is 41.5. The van der Waals surface area contributed by atoms with E-state index < -0.39 is 76.6 Å². The van der Waals surface area contributed by atoms with Gasteiger partial charge in [-0.05, 0) is 119 Å². The second-order valence-electron chi connectivity index (χ2n) is 18.3. The van der Waals surface area contributed by atoms with Gasteiger partial charge in [-0.15, -0.1) is 0 Å². The summed E-state index contributed by atoms with van der Waals surface area (Å²) in [6, 6.07) is 38.4. The van der Waals surface area contributed by atoms with Gasteiger partial charge in [-0.2, -0.15) is 0 Å². The van der Waals surface area contributed by atoms with Crippen molar-refractivity contribution in [1.29, 1.82) is 0 Å². The van der Waals surface area contributed by atoms with Crippen LogP contribution in [0.5, 0.6) is 0 Å². The second-order valence-corrected chi connectivity index (χ2v) is 55.6. The van der Waals surface area contributed by atoms with Crippen LogP contribution in [0.25, 0.3) is 0 Å². The predicted octanol–water partition coefficient (Wildman–Crippen LogP) is 15.3. The molecule has 2 aromatic carbocycles. The van der Waals surface area contributed by atoms with Gasteiger partial charge >= 0.3 is 59.9 Å². The van der Waals surface area contributed by atoms with Crippen molar-refractivity contribution in [1.82, 2.24) is 0 Å². The summed E-state index contributed by atoms with van der Waals surface area (Å²) in [5.74, 6) is 0. The molecule has 0 amide bonds. The SMILES string of the molecule is CC[Si](CC)(CC)O[Si](CC)(CC)O[Si](CC)(O[Si](CC)(CC)O[Si](CC)(CC)O[Si](CC)(CC)O[Si](CC)(CC)O[Si](CC)(O[Si](CC)(CC)CC)c1ccccc1)c1ccccc1. The van der Waals surface area contributed by atoms with Crippen LogP contribution < -0.4 is 10.4 Å². The maximum atomic E-state index is 8.04. The molecule has 0 saturated heterocycles. The maximum absolute atomic E-state index is 8.04. The van der Waals surface area contributed by atoms with Gasteiger partial charge in [0, 0.05) is 0 Å². The zero-order chi connectivity index (χ0) is 49.1. The topological polar surface area (TPSA) is 73.8 Å². The highest BCUT2D eigenvalue weighted by atomic mass is 28.5. The minimum Gasteiger partial charge on any atom is -0.436 e. The van der Waals surface area contributed by atoms with Crippen LogP contribution in [0.3, 0.4) is 0 Å². The average molecular weight is 1060 g/mol. The highest BCUT2D eigenvalue weighted by Gasteiger charge is 2.60. The van der Waals surface area contributed by atoms with E-state index in [2.05, 4.69) is 185 Å². The van der Waals surface area contributed by atoms with Crippen LogP contribution >= 0.6 is 0 Å². The highest BCUT2D eigenvalue weighted by molar-refractivity contribution is 6.99. The molecule has 0 N–H and O–H groups in total. The zero-order valence-corrected chi connectivity index (χ0v) is 54.3. The lowest BCUT2D eigenvalue weighted by Gasteiger charge is -2.51. The third-order valence-corrected chi connectivity index (χ3v) is 62.0. The molecule has 2 rings (SSSR count). The standard InChI is InChI=1S/C48H100O8Si9/c1-19-57(20-2,21-3)49-59(25-7,26-8)54-65(36-18,48-45-41-38-42-46-48)56-63(33-15,34-16)53-61(29-11,30-12)51-60(27-9,28-10)52-62(31-13,32-14)55-64(35-17,47-43-39-37-40-44-47)50-58(22-4,23-5)24-6/h37-46H,19-36H2,1-18H3. The first kappa shape index (κ1) is 61.2. The Morgan fingerprint density at radius 3 is 0.677 bits per heavy atom. The number of hydrogen-bond donors (Lipinski definition) is 0. The van der Waals surface area contributed by atoms with Crippen LogP contribution in [0.2, 0.25) is 109 Å². The van der Waals surface area contributed by atoms with E-state index in [4.69, 9.17) is 32.9 Å². The van der Waals surface area contributed by atoms with Gasteiger partial charge in [0.05, 0.1) is 0 Å². The first-order valence-corrected chi connectivity index (χ1v) is 46.9. The van der Waals surface area contributed by atoms with Crippen molar-refractivity contribution in [3.63, 3.8) is 0 Å². The summed E-state index contributed by atoms with van der Waals surface area (Å²) in [5, 5.41) is 2.41. The van der Waals surface area contributed by atoms with Gasteiger partial charge in [0.1, 0.15) is 0 Å². The van der Waals surface area contributed by atoms with Crippen molar-refractivity contribution in [2.45, 2.75) is 233 Å². The van der Waals surface area contributed by atoms with E-state index in [1.54, 1.807) is 0 Å². The molecule has 0 aliphatic rings. The minimum atomic E-state index is -3.16. The maximum Gasteiger partial charge on any atom is 0.354 e. The third-order valence-electron chi connectivity index (χ3n) is 15.6. The van der Waals surface area contributed by atoms with E-state index in [0.717, 1.165) is 109 Å². The van der Waals surface area contributed by atoms with Crippen LogP contribution in [0.15, 0.2) is 60.7 Å². The van der Waals surface area contributed by atoms with Crippen molar-refractivity contribution >= 4 is 86.9 Å². The van der Waals surface area contributed by atoms with Crippen LogP contribution in [-0.4, -0.2) is 76.6 Å². The van der Waals surface area contributed by atoms with Gasteiger partial charge < -0.3 is 32.9 Å². The molecule has 65 heavy (non-hydrogen) atoms. The molecule has 0 aliphatic heterocycles. The monoisotopic (exact) mass is 1060 g/mol. The Labute approximate surface area is 411 Å². The molecule has 2 atom stereocenters. The zero-order valence-electron chi connectivity index (χ0n) is 45.3. The predicted molar refractivity (Wildman–Crippen MR) is 301 cm³/mol.